The first-order valence-electron chi connectivity index (χ1n) is 11.2. The van der Waals surface area contributed by atoms with Crippen LogP contribution >= 0.6 is 0 Å². The summed E-state index contributed by atoms with van der Waals surface area (Å²) in [5.74, 6) is 0.179. The average Bonchev–Trinajstić information content (AvgIpc) is 2.77. The van der Waals surface area contributed by atoms with E-state index in [-0.39, 0.29) is 17.9 Å². The number of nitrogens with zero attached hydrogens (tertiary/aromatic N) is 2. The van der Waals surface area contributed by atoms with Crippen LogP contribution in [0.5, 0.6) is 0 Å². The summed E-state index contributed by atoms with van der Waals surface area (Å²) in [6.07, 6.45) is 4.38. The molecule has 0 saturated carbocycles. The Kier molecular flexibility index (Phi) is 10.6. The molecule has 6 heteroatoms. The maximum atomic E-state index is 12.4. The molecule has 6 nitrogen and oxygen atoms in total. The molecule has 0 aliphatic carbocycles. The Morgan fingerprint density at radius 1 is 1.00 bits per heavy atom. The molecule has 1 saturated heterocycles. The lowest BCUT2D eigenvalue weighted by Crippen LogP contribution is -2.47. The molecule has 0 spiro atoms. The predicted molar refractivity (Wildman–Crippen MR) is 118 cm³/mol. The van der Waals surface area contributed by atoms with E-state index in [2.05, 4.69) is 41.5 Å². The topological polar surface area (TPSA) is 64.7 Å². The van der Waals surface area contributed by atoms with Crippen molar-refractivity contribution in [3.8, 4) is 0 Å². The molecule has 1 aromatic carbocycles. The number of aryl methyl sites for hydroxylation is 1. The van der Waals surface area contributed by atoms with Crippen molar-refractivity contribution in [2.75, 3.05) is 45.8 Å². The van der Waals surface area contributed by atoms with Gasteiger partial charge < -0.3 is 20.4 Å². The van der Waals surface area contributed by atoms with E-state index in [0.29, 0.717) is 19.6 Å². The minimum absolute atomic E-state index is 0.00357. The maximum Gasteiger partial charge on any atom is 0.317 e. The fourth-order valence-corrected chi connectivity index (χ4v) is 3.79. The van der Waals surface area contributed by atoms with Crippen LogP contribution in [0.15, 0.2) is 30.3 Å². The molecule has 2 rings (SSSR count). The molecule has 1 heterocycles. The van der Waals surface area contributed by atoms with Crippen LogP contribution in [0.2, 0.25) is 0 Å². The van der Waals surface area contributed by atoms with E-state index in [1.807, 2.05) is 23.1 Å². The molecule has 1 aliphatic heterocycles. The van der Waals surface area contributed by atoms with Gasteiger partial charge in [0.25, 0.3) is 0 Å². The van der Waals surface area contributed by atoms with Crippen molar-refractivity contribution in [1.82, 2.24) is 20.4 Å². The van der Waals surface area contributed by atoms with Gasteiger partial charge in [0.1, 0.15) is 0 Å². The number of likely N-dealkylation sites (tertiary alicyclic amines) is 1. The highest BCUT2D eigenvalue weighted by Gasteiger charge is 2.26. The lowest BCUT2D eigenvalue weighted by atomic mass is 9.96. The molecular formula is C23H38N4O2. The van der Waals surface area contributed by atoms with Crippen molar-refractivity contribution in [2.45, 2.75) is 46.0 Å². The molecule has 0 unspecified atom stereocenters. The second-order valence-electron chi connectivity index (χ2n) is 7.75. The number of piperidine rings is 1. The zero-order valence-corrected chi connectivity index (χ0v) is 18.2. The van der Waals surface area contributed by atoms with Gasteiger partial charge in [-0.1, -0.05) is 44.2 Å². The van der Waals surface area contributed by atoms with Crippen molar-refractivity contribution in [1.29, 1.82) is 0 Å². The number of nitrogens with one attached hydrogen (secondary N) is 2. The Bertz CT molecular complexity index is 596. The van der Waals surface area contributed by atoms with Crippen molar-refractivity contribution < 1.29 is 9.59 Å². The first-order valence-corrected chi connectivity index (χ1v) is 11.2. The quantitative estimate of drug-likeness (QED) is 0.560. The molecule has 0 bridgehead atoms. The minimum atomic E-state index is -0.00357. The molecule has 162 valence electrons. The highest BCUT2D eigenvalue weighted by Crippen LogP contribution is 2.17. The minimum Gasteiger partial charge on any atom is -0.356 e. The number of carbonyl (C=O) groups excluding carboxylic acids is 2. The summed E-state index contributed by atoms with van der Waals surface area (Å²) in [6, 6.07) is 10.3. The summed E-state index contributed by atoms with van der Waals surface area (Å²) in [4.78, 5) is 28.9. The summed E-state index contributed by atoms with van der Waals surface area (Å²) >= 11 is 0. The Labute approximate surface area is 176 Å². The van der Waals surface area contributed by atoms with E-state index in [4.69, 9.17) is 0 Å². The first-order chi connectivity index (χ1) is 14.1. The van der Waals surface area contributed by atoms with Gasteiger partial charge in [0, 0.05) is 32.1 Å². The Morgan fingerprint density at radius 3 is 2.31 bits per heavy atom. The highest BCUT2D eigenvalue weighted by atomic mass is 16.2. The Hall–Kier alpha value is -2.08. The van der Waals surface area contributed by atoms with Gasteiger partial charge in [-0.25, -0.2) is 4.79 Å². The van der Waals surface area contributed by atoms with Crippen molar-refractivity contribution >= 4 is 11.9 Å². The van der Waals surface area contributed by atoms with Gasteiger partial charge in [-0.3, -0.25) is 4.79 Å². The molecule has 29 heavy (non-hydrogen) atoms. The number of hydrogen-bond acceptors (Lipinski definition) is 3. The summed E-state index contributed by atoms with van der Waals surface area (Å²) in [5.41, 5.74) is 1.30. The van der Waals surface area contributed by atoms with Crippen LogP contribution in [0.1, 0.15) is 45.1 Å². The molecule has 0 atom stereocenters. The lowest BCUT2D eigenvalue weighted by Gasteiger charge is -2.31. The molecule has 2 N–H and O–H groups in total. The molecule has 1 aromatic rings. The van der Waals surface area contributed by atoms with Crippen LogP contribution in [-0.4, -0.2) is 67.6 Å². The first kappa shape index (κ1) is 23.2. The zero-order valence-electron chi connectivity index (χ0n) is 18.2. The number of benzene rings is 1. The second kappa shape index (κ2) is 13.2. The van der Waals surface area contributed by atoms with E-state index >= 15 is 0 Å². The smallest absolute Gasteiger partial charge is 0.317 e. The summed E-state index contributed by atoms with van der Waals surface area (Å²) < 4.78 is 0. The highest BCUT2D eigenvalue weighted by molar-refractivity contribution is 5.79. The standard InChI is InChI=1S/C23H38N4O2/c1-3-26(4-2)17-9-16-24-22(28)21-13-18-27(19-14-21)23(29)25-15-8-12-20-10-6-5-7-11-20/h5-7,10-11,21H,3-4,8-9,12-19H2,1-2H3,(H,24,28)(H,25,29). The van der Waals surface area contributed by atoms with Gasteiger partial charge in [0.15, 0.2) is 0 Å². The number of urea groups is 1. The van der Waals surface area contributed by atoms with Crippen LogP contribution in [0.4, 0.5) is 4.79 Å². The monoisotopic (exact) mass is 402 g/mol. The van der Waals surface area contributed by atoms with Crippen molar-refractivity contribution in [3.05, 3.63) is 35.9 Å². The third kappa shape index (κ3) is 8.44. The number of carbonyl (C=O) groups is 2. The van der Waals surface area contributed by atoms with Crippen LogP contribution in [0.3, 0.4) is 0 Å². The van der Waals surface area contributed by atoms with E-state index in [0.717, 1.165) is 58.3 Å². The van der Waals surface area contributed by atoms with Crippen LogP contribution in [-0.2, 0) is 11.2 Å². The van der Waals surface area contributed by atoms with Crippen LogP contribution in [0, 0.1) is 5.92 Å². The lowest BCUT2D eigenvalue weighted by molar-refractivity contribution is -0.126. The van der Waals surface area contributed by atoms with Crippen LogP contribution in [0.25, 0.3) is 0 Å². The zero-order chi connectivity index (χ0) is 20.9. The Balaban J connectivity index is 1.56. The summed E-state index contributed by atoms with van der Waals surface area (Å²) in [7, 11) is 0. The van der Waals surface area contributed by atoms with E-state index in [1.54, 1.807) is 0 Å². The molecule has 0 radical (unpaired) electrons. The Morgan fingerprint density at radius 2 is 1.66 bits per heavy atom. The van der Waals surface area contributed by atoms with Gasteiger partial charge in [-0.2, -0.15) is 0 Å². The number of rotatable bonds is 11. The van der Waals surface area contributed by atoms with E-state index < -0.39 is 0 Å². The van der Waals surface area contributed by atoms with Crippen LogP contribution < -0.4 is 10.6 Å². The van der Waals surface area contributed by atoms with Gasteiger partial charge in [-0.15, -0.1) is 0 Å². The number of hydrogen-bond donors (Lipinski definition) is 2. The fraction of sp³-hybridized carbons (Fsp3) is 0.652. The van der Waals surface area contributed by atoms with Gasteiger partial charge in [0.05, 0.1) is 0 Å². The predicted octanol–water partition coefficient (Wildman–Crippen LogP) is 2.89. The average molecular weight is 403 g/mol. The second-order valence-corrected chi connectivity index (χ2v) is 7.75. The van der Waals surface area contributed by atoms with E-state index in [1.165, 1.54) is 5.56 Å². The third-order valence-corrected chi connectivity index (χ3v) is 5.76. The molecule has 1 fully saturated rings. The summed E-state index contributed by atoms with van der Waals surface area (Å²) in [6.45, 7) is 10.2. The van der Waals surface area contributed by atoms with Crippen molar-refractivity contribution in [3.63, 3.8) is 0 Å². The molecule has 0 aromatic heterocycles. The number of amides is 3. The normalized spacial score (nSPS) is 14.8. The third-order valence-electron chi connectivity index (χ3n) is 5.76. The molecule has 3 amide bonds. The SMILES string of the molecule is CCN(CC)CCCNC(=O)C1CCN(C(=O)NCCCc2ccccc2)CC1. The van der Waals surface area contributed by atoms with Crippen molar-refractivity contribution in [2.24, 2.45) is 5.92 Å². The largest absolute Gasteiger partial charge is 0.356 e. The van der Waals surface area contributed by atoms with Gasteiger partial charge in [0.2, 0.25) is 5.91 Å². The van der Waals surface area contributed by atoms with Gasteiger partial charge in [-0.05, 0) is 57.3 Å². The fourth-order valence-electron chi connectivity index (χ4n) is 3.79. The van der Waals surface area contributed by atoms with Gasteiger partial charge >= 0.3 is 6.03 Å². The maximum absolute atomic E-state index is 12.4. The molecular weight excluding hydrogens is 364 g/mol. The molecule has 1 aliphatic rings. The van der Waals surface area contributed by atoms with E-state index in [9.17, 15) is 9.59 Å². The summed E-state index contributed by atoms with van der Waals surface area (Å²) in [5, 5.41) is 6.08.